The van der Waals surface area contributed by atoms with Gasteiger partial charge < -0.3 is 0 Å². The van der Waals surface area contributed by atoms with E-state index in [1.165, 1.54) is 0 Å². The van der Waals surface area contributed by atoms with Crippen LogP contribution in [0.3, 0.4) is 0 Å². The number of fused-ring (bicyclic) bond motifs is 1. The number of nitrogens with zero attached hydrogens (tertiary/aromatic N) is 1. The summed E-state index contributed by atoms with van der Waals surface area (Å²) in [6.07, 6.45) is 0. The van der Waals surface area contributed by atoms with E-state index < -0.39 is 0 Å². The zero-order chi connectivity index (χ0) is 7.68. The average molecular weight is 148 g/mol. The summed E-state index contributed by atoms with van der Waals surface area (Å²) >= 11 is 0. The molecule has 1 aromatic rings. The van der Waals surface area contributed by atoms with Gasteiger partial charge in [0.2, 0.25) is 0 Å². The molecule has 0 saturated carbocycles. The van der Waals surface area contributed by atoms with Crippen LogP contribution in [0.5, 0.6) is 0 Å². The first-order chi connectivity index (χ1) is 5.38. The Balaban J connectivity index is 2.52. The molecule has 11 heavy (non-hydrogen) atoms. The van der Waals surface area contributed by atoms with Crippen molar-refractivity contribution in [1.29, 1.82) is 0 Å². The van der Waals surface area contributed by atoms with Gasteiger partial charge in [-0.3, -0.25) is 10.2 Å². The van der Waals surface area contributed by atoms with Crippen LogP contribution in [0.4, 0.5) is 5.69 Å². The molecule has 2 rings (SSSR count). The van der Waals surface area contributed by atoms with Crippen molar-refractivity contribution >= 4 is 11.6 Å². The predicted molar refractivity (Wildman–Crippen MR) is 38.8 cm³/mol. The minimum Gasteiger partial charge on any atom is -0.268 e. The first-order valence-electron chi connectivity index (χ1n) is 3.23. The standard InChI is InChI=1S/C7H6N3O/c11-7-5-3-1-2-4-6(5)8-10-9-7/h1-4,10H,(H,9,11). The van der Waals surface area contributed by atoms with Gasteiger partial charge in [0.05, 0.1) is 11.3 Å². The molecule has 1 aliphatic rings. The molecule has 1 aromatic carbocycles. The fraction of sp³-hybridized carbons (Fsp3) is 0. The van der Waals surface area contributed by atoms with Crippen molar-refractivity contribution in [2.24, 2.45) is 0 Å². The molecule has 0 atom stereocenters. The number of carbonyl (C=O) groups is 1. The molecule has 0 aromatic heterocycles. The van der Waals surface area contributed by atoms with E-state index in [0.29, 0.717) is 11.3 Å². The van der Waals surface area contributed by atoms with E-state index in [4.69, 9.17) is 0 Å². The Bertz CT molecular complexity index is 297. The summed E-state index contributed by atoms with van der Waals surface area (Å²) in [5, 5.41) is 0. The summed E-state index contributed by atoms with van der Waals surface area (Å²) in [5.74, 6) is -0.143. The third-order valence-corrected chi connectivity index (χ3v) is 1.49. The number of hydrazine groups is 1. The maximum Gasteiger partial charge on any atom is 0.269 e. The zero-order valence-electron chi connectivity index (χ0n) is 5.66. The van der Waals surface area contributed by atoms with Crippen molar-refractivity contribution in [2.75, 3.05) is 0 Å². The second kappa shape index (κ2) is 2.25. The van der Waals surface area contributed by atoms with Gasteiger partial charge in [-0.15, -0.1) is 5.53 Å². The SMILES string of the molecule is O=C1NN[N]c2ccccc21. The van der Waals surface area contributed by atoms with Crippen molar-refractivity contribution in [1.82, 2.24) is 16.4 Å². The van der Waals surface area contributed by atoms with Crippen LogP contribution in [-0.4, -0.2) is 5.91 Å². The van der Waals surface area contributed by atoms with Crippen LogP contribution in [0.2, 0.25) is 0 Å². The van der Waals surface area contributed by atoms with Crippen LogP contribution >= 0.6 is 0 Å². The Hall–Kier alpha value is -1.55. The zero-order valence-corrected chi connectivity index (χ0v) is 5.66. The van der Waals surface area contributed by atoms with Gasteiger partial charge in [-0.2, -0.15) is 5.43 Å². The lowest BCUT2D eigenvalue weighted by atomic mass is 10.1. The Morgan fingerprint density at radius 1 is 1.27 bits per heavy atom. The van der Waals surface area contributed by atoms with Crippen molar-refractivity contribution in [2.45, 2.75) is 0 Å². The highest BCUT2D eigenvalue weighted by molar-refractivity contribution is 5.99. The highest BCUT2D eigenvalue weighted by Crippen LogP contribution is 2.15. The van der Waals surface area contributed by atoms with E-state index in [1.807, 2.05) is 6.07 Å². The first kappa shape index (κ1) is 6.18. The second-order valence-electron chi connectivity index (χ2n) is 2.19. The van der Waals surface area contributed by atoms with Gasteiger partial charge in [0, 0.05) is 0 Å². The Morgan fingerprint density at radius 2 is 2.09 bits per heavy atom. The Kier molecular flexibility index (Phi) is 1.26. The van der Waals surface area contributed by atoms with Gasteiger partial charge in [0.25, 0.3) is 5.91 Å². The van der Waals surface area contributed by atoms with Crippen LogP contribution in [0, 0.1) is 0 Å². The predicted octanol–water partition coefficient (Wildman–Crippen LogP) is 0.0855. The molecule has 2 N–H and O–H groups in total. The highest BCUT2D eigenvalue weighted by Gasteiger charge is 2.15. The summed E-state index contributed by atoms with van der Waals surface area (Å²) in [4.78, 5) is 11.1. The average Bonchev–Trinajstić information content (AvgIpc) is 2.06. The smallest absolute Gasteiger partial charge is 0.268 e. The fourth-order valence-electron chi connectivity index (χ4n) is 0.969. The summed E-state index contributed by atoms with van der Waals surface area (Å²) < 4.78 is 0. The van der Waals surface area contributed by atoms with Gasteiger partial charge in [-0.25, -0.2) is 0 Å². The molecule has 1 radical (unpaired) electrons. The molecule has 0 unspecified atom stereocenters. The second-order valence-corrected chi connectivity index (χ2v) is 2.19. The van der Waals surface area contributed by atoms with E-state index in [-0.39, 0.29) is 5.91 Å². The largest absolute Gasteiger partial charge is 0.269 e. The highest BCUT2D eigenvalue weighted by atomic mass is 16.2. The third kappa shape index (κ3) is 0.929. The number of carbonyl (C=O) groups excluding carboxylic acids is 1. The minimum absolute atomic E-state index is 0.143. The Morgan fingerprint density at radius 3 is 2.91 bits per heavy atom. The van der Waals surface area contributed by atoms with Crippen LogP contribution < -0.4 is 16.4 Å². The van der Waals surface area contributed by atoms with E-state index in [2.05, 4.69) is 16.4 Å². The number of benzene rings is 1. The molecule has 4 nitrogen and oxygen atoms in total. The molecular weight excluding hydrogens is 142 g/mol. The molecule has 1 amide bonds. The minimum atomic E-state index is -0.143. The number of hydrogen-bond acceptors (Lipinski definition) is 2. The quantitative estimate of drug-likeness (QED) is 0.547. The van der Waals surface area contributed by atoms with Gasteiger partial charge in [0.15, 0.2) is 0 Å². The molecule has 0 saturated heterocycles. The van der Waals surface area contributed by atoms with E-state index in [9.17, 15) is 4.79 Å². The van der Waals surface area contributed by atoms with E-state index >= 15 is 0 Å². The molecule has 0 bridgehead atoms. The van der Waals surface area contributed by atoms with Crippen molar-refractivity contribution in [3.8, 4) is 0 Å². The normalized spacial score (nSPS) is 14.7. The molecule has 0 aliphatic carbocycles. The lowest BCUT2D eigenvalue weighted by Gasteiger charge is -2.15. The van der Waals surface area contributed by atoms with Crippen molar-refractivity contribution in [3.05, 3.63) is 29.8 Å². The molecular formula is C7H6N3O. The van der Waals surface area contributed by atoms with Crippen LogP contribution in [-0.2, 0) is 0 Å². The Labute approximate surface area is 63.5 Å². The van der Waals surface area contributed by atoms with E-state index in [1.54, 1.807) is 18.2 Å². The summed E-state index contributed by atoms with van der Waals surface area (Å²) in [5.41, 5.74) is 9.94. The van der Waals surface area contributed by atoms with Gasteiger partial charge in [0.1, 0.15) is 0 Å². The fourth-order valence-corrected chi connectivity index (χ4v) is 0.969. The number of rotatable bonds is 0. The lowest BCUT2D eigenvalue weighted by molar-refractivity contribution is 0.0915. The number of hydrogen-bond donors (Lipinski definition) is 2. The number of amides is 1. The number of nitrogens with one attached hydrogen (secondary N) is 2. The summed E-state index contributed by atoms with van der Waals surface area (Å²) in [7, 11) is 0. The summed E-state index contributed by atoms with van der Waals surface area (Å²) in [6, 6.07) is 7.15. The first-order valence-corrected chi connectivity index (χ1v) is 3.23. The topological polar surface area (TPSA) is 55.2 Å². The van der Waals surface area contributed by atoms with Crippen LogP contribution in [0.25, 0.3) is 0 Å². The van der Waals surface area contributed by atoms with Crippen LogP contribution in [0.15, 0.2) is 24.3 Å². The molecule has 0 spiro atoms. The maximum atomic E-state index is 11.1. The summed E-state index contributed by atoms with van der Waals surface area (Å²) in [6.45, 7) is 0. The van der Waals surface area contributed by atoms with Crippen molar-refractivity contribution in [3.63, 3.8) is 0 Å². The molecule has 0 fully saturated rings. The molecule has 55 valence electrons. The molecule has 1 aliphatic heterocycles. The lowest BCUT2D eigenvalue weighted by Crippen LogP contribution is -2.45. The van der Waals surface area contributed by atoms with Gasteiger partial charge >= 0.3 is 0 Å². The monoisotopic (exact) mass is 148 g/mol. The van der Waals surface area contributed by atoms with Crippen molar-refractivity contribution < 1.29 is 4.79 Å². The van der Waals surface area contributed by atoms with Gasteiger partial charge in [-0.05, 0) is 12.1 Å². The molecule has 1 heterocycles. The van der Waals surface area contributed by atoms with Crippen LogP contribution in [0.1, 0.15) is 10.4 Å². The van der Waals surface area contributed by atoms with Gasteiger partial charge in [-0.1, -0.05) is 12.1 Å². The molecule has 4 heteroatoms. The van der Waals surface area contributed by atoms with E-state index in [0.717, 1.165) is 0 Å². The number of para-hydroxylation sites is 1. The third-order valence-electron chi connectivity index (χ3n) is 1.49. The maximum absolute atomic E-state index is 11.1.